The number of halogens is 1. The van der Waals surface area contributed by atoms with E-state index in [1.54, 1.807) is 0 Å². The Hall–Kier alpha value is -0.700. The fourth-order valence-electron chi connectivity index (χ4n) is 1.80. The molecule has 0 atom stereocenters. The molecule has 76 valence electrons. The zero-order valence-corrected chi connectivity index (χ0v) is 9.92. The number of anilines is 2. The van der Waals surface area contributed by atoms with Crippen molar-refractivity contribution in [2.75, 3.05) is 17.2 Å². The molecule has 1 aromatic rings. The van der Waals surface area contributed by atoms with Crippen LogP contribution in [0.4, 0.5) is 11.4 Å². The minimum absolute atomic E-state index is 0.725. The summed E-state index contributed by atoms with van der Waals surface area (Å²) in [5.74, 6) is 0. The Bertz CT molecular complexity index is 334. The van der Waals surface area contributed by atoms with Crippen molar-refractivity contribution >= 4 is 27.3 Å². The maximum absolute atomic E-state index is 5.99. The summed E-state index contributed by atoms with van der Waals surface area (Å²) in [6.45, 7) is 3.22. The summed E-state index contributed by atoms with van der Waals surface area (Å²) in [5, 5.41) is 0. The zero-order chi connectivity index (χ0) is 10.1. The summed E-state index contributed by atoms with van der Waals surface area (Å²) in [6, 6.07) is 6.85. The zero-order valence-electron chi connectivity index (χ0n) is 8.33. The van der Waals surface area contributed by atoms with Crippen LogP contribution in [-0.2, 0) is 0 Å². The molecule has 1 aliphatic carbocycles. The molecule has 2 rings (SSSR count). The van der Waals surface area contributed by atoms with Crippen molar-refractivity contribution in [3.63, 3.8) is 0 Å². The Kier molecular flexibility index (Phi) is 2.68. The second kappa shape index (κ2) is 3.81. The molecule has 2 nitrogen and oxygen atoms in total. The molecule has 0 aromatic heterocycles. The molecule has 1 aliphatic rings. The molecule has 0 amide bonds. The van der Waals surface area contributed by atoms with E-state index in [1.807, 2.05) is 6.07 Å². The molecular weight excluding hydrogens is 240 g/mol. The quantitative estimate of drug-likeness (QED) is 0.841. The van der Waals surface area contributed by atoms with Crippen LogP contribution in [0.3, 0.4) is 0 Å². The Labute approximate surface area is 93.2 Å². The van der Waals surface area contributed by atoms with E-state index in [-0.39, 0.29) is 0 Å². The van der Waals surface area contributed by atoms with Crippen LogP contribution in [0.1, 0.15) is 19.8 Å². The molecule has 0 heterocycles. The second-order valence-electron chi connectivity index (χ2n) is 3.72. The molecule has 1 fully saturated rings. The van der Waals surface area contributed by atoms with Gasteiger partial charge < -0.3 is 10.6 Å². The van der Waals surface area contributed by atoms with Crippen molar-refractivity contribution in [2.24, 2.45) is 0 Å². The van der Waals surface area contributed by atoms with Gasteiger partial charge >= 0.3 is 0 Å². The Morgan fingerprint density at radius 2 is 2.21 bits per heavy atom. The van der Waals surface area contributed by atoms with Crippen LogP contribution in [0.5, 0.6) is 0 Å². The number of hydrogen-bond acceptors (Lipinski definition) is 2. The van der Waals surface area contributed by atoms with Gasteiger partial charge in [-0.1, -0.05) is 15.9 Å². The van der Waals surface area contributed by atoms with Crippen LogP contribution in [0.25, 0.3) is 0 Å². The van der Waals surface area contributed by atoms with Crippen molar-refractivity contribution in [2.45, 2.75) is 25.8 Å². The largest absolute Gasteiger partial charge is 0.397 e. The fourth-order valence-corrected chi connectivity index (χ4v) is 2.18. The van der Waals surface area contributed by atoms with E-state index in [1.165, 1.54) is 18.5 Å². The van der Waals surface area contributed by atoms with Gasteiger partial charge in [0.2, 0.25) is 0 Å². The lowest BCUT2D eigenvalue weighted by atomic mass is 10.2. The minimum atomic E-state index is 0.725. The normalized spacial score (nSPS) is 15.6. The predicted molar refractivity (Wildman–Crippen MR) is 64.6 cm³/mol. The number of rotatable bonds is 3. The second-order valence-corrected chi connectivity index (χ2v) is 4.64. The standard InChI is InChI=1S/C11H15BrN2/c1-2-14(9-4-5-9)11-6-3-8(12)7-10(11)13/h3,6-7,9H,2,4-5,13H2,1H3. The minimum Gasteiger partial charge on any atom is -0.397 e. The van der Waals surface area contributed by atoms with Crippen molar-refractivity contribution in [1.82, 2.24) is 0 Å². The van der Waals surface area contributed by atoms with Crippen LogP contribution in [0, 0.1) is 0 Å². The van der Waals surface area contributed by atoms with Gasteiger partial charge in [-0.3, -0.25) is 0 Å². The lowest BCUT2D eigenvalue weighted by Gasteiger charge is -2.24. The van der Waals surface area contributed by atoms with Gasteiger partial charge in [-0.15, -0.1) is 0 Å². The van der Waals surface area contributed by atoms with E-state index in [4.69, 9.17) is 5.73 Å². The third kappa shape index (κ3) is 1.87. The first kappa shape index (κ1) is 9.84. The van der Waals surface area contributed by atoms with Gasteiger partial charge in [0, 0.05) is 17.1 Å². The third-order valence-electron chi connectivity index (χ3n) is 2.63. The molecule has 1 aromatic carbocycles. The van der Waals surface area contributed by atoms with E-state index in [0.717, 1.165) is 22.7 Å². The van der Waals surface area contributed by atoms with E-state index in [9.17, 15) is 0 Å². The van der Waals surface area contributed by atoms with E-state index >= 15 is 0 Å². The number of benzene rings is 1. The highest BCUT2D eigenvalue weighted by Crippen LogP contribution is 2.35. The number of nitrogen functional groups attached to an aromatic ring is 1. The van der Waals surface area contributed by atoms with E-state index in [0.29, 0.717) is 0 Å². The third-order valence-corrected chi connectivity index (χ3v) is 3.12. The molecule has 0 saturated heterocycles. The smallest absolute Gasteiger partial charge is 0.0603 e. The van der Waals surface area contributed by atoms with Gasteiger partial charge in [-0.05, 0) is 38.0 Å². The molecule has 14 heavy (non-hydrogen) atoms. The lowest BCUT2D eigenvalue weighted by Crippen LogP contribution is -2.25. The molecule has 0 unspecified atom stereocenters. The first-order valence-corrected chi connectivity index (χ1v) is 5.83. The molecule has 0 radical (unpaired) electrons. The SMILES string of the molecule is CCN(c1ccc(Br)cc1N)C1CC1. The molecule has 0 bridgehead atoms. The van der Waals surface area contributed by atoms with Gasteiger partial charge in [0.1, 0.15) is 0 Å². The summed E-state index contributed by atoms with van der Waals surface area (Å²) in [7, 11) is 0. The number of nitrogens with two attached hydrogens (primary N) is 1. The highest BCUT2D eigenvalue weighted by atomic mass is 79.9. The highest BCUT2D eigenvalue weighted by Gasteiger charge is 2.28. The molecule has 2 N–H and O–H groups in total. The summed E-state index contributed by atoms with van der Waals surface area (Å²) in [6.07, 6.45) is 2.62. The van der Waals surface area contributed by atoms with Gasteiger partial charge in [0.05, 0.1) is 11.4 Å². The van der Waals surface area contributed by atoms with Crippen LogP contribution >= 0.6 is 15.9 Å². The Balaban J connectivity index is 2.29. The van der Waals surface area contributed by atoms with Crippen LogP contribution in [0.15, 0.2) is 22.7 Å². The monoisotopic (exact) mass is 254 g/mol. The van der Waals surface area contributed by atoms with Gasteiger partial charge in [0.25, 0.3) is 0 Å². The predicted octanol–water partition coefficient (Wildman–Crippen LogP) is 3.02. The van der Waals surface area contributed by atoms with Crippen LogP contribution < -0.4 is 10.6 Å². The van der Waals surface area contributed by atoms with Crippen molar-refractivity contribution in [3.05, 3.63) is 22.7 Å². The van der Waals surface area contributed by atoms with Crippen molar-refractivity contribution < 1.29 is 0 Å². The fraction of sp³-hybridized carbons (Fsp3) is 0.455. The van der Waals surface area contributed by atoms with Crippen molar-refractivity contribution in [1.29, 1.82) is 0 Å². The lowest BCUT2D eigenvalue weighted by molar-refractivity contribution is 0.828. The molecular formula is C11H15BrN2. The van der Waals surface area contributed by atoms with Gasteiger partial charge in [-0.25, -0.2) is 0 Å². The summed E-state index contributed by atoms with van der Waals surface area (Å²) >= 11 is 3.42. The van der Waals surface area contributed by atoms with Crippen molar-refractivity contribution in [3.8, 4) is 0 Å². The average molecular weight is 255 g/mol. The Morgan fingerprint density at radius 3 is 2.71 bits per heavy atom. The van der Waals surface area contributed by atoms with Gasteiger partial charge in [0.15, 0.2) is 0 Å². The summed E-state index contributed by atoms with van der Waals surface area (Å²) in [4.78, 5) is 2.39. The maximum atomic E-state index is 5.99. The first-order chi connectivity index (χ1) is 6.72. The molecule has 0 aliphatic heterocycles. The summed E-state index contributed by atoms with van der Waals surface area (Å²) < 4.78 is 1.05. The topological polar surface area (TPSA) is 29.3 Å². The van der Waals surface area contributed by atoms with Crippen LogP contribution in [0.2, 0.25) is 0 Å². The number of hydrogen-bond donors (Lipinski definition) is 1. The number of nitrogens with zero attached hydrogens (tertiary/aromatic N) is 1. The van der Waals surface area contributed by atoms with E-state index in [2.05, 4.69) is 39.9 Å². The molecule has 1 saturated carbocycles. The summed E-state index contributed by atoms with van der Waals surface area (Å²) in [5.41, 5.74) is 8.04. The van der Waals surface area contributed by atoms with E-state index < -0.39 is 0 Å². The van der Waals surface area contributed by atoms with Gasteiger partial charge in [-0.2, -0.15) is 0 Å². The first-order valence-electron chi connectivity index (χ1n) is 5.04. The highest BCUT2D eigenvalue weighted by molar-refractivity contribution is 9.10. The maximum Gasteiger partial charge on any atom is 0.0603 e. The average Bonchev–Trinajstić information content (AvgIpc) is 2.93. The molecule has 0 spiro atoms. The van der Waals surface area contributed by atoms with Crippen LogP contribution in [-0.4, -0.2) is 12.6 Å². The Morgan fingerprint density at radius 1 is 1.50 bits per heavy atom. The molecule has 3 heteroatoms.